The minimum Gasteiger partial charge on any atom is -0.474 e. The van der Waals surface area contributed by atoms with Gasteiger partial charge in [0, 0.05) is 13.1 Å². The van der Waals surface area contributed by atoms with E-state index in [9.17, 15) is 8.42 Å². The fourth-order valence-electron chi connectivity index (χ4n) is 4.98. The summed E-state index contributed by atoms with van der Waals surface area (Å²) in [6, 6.07) is 7.43. The molecular formula is C25H29Cl2N7O3S. The number of hydrogen-bond donors (Lipinski definition) is 2. The average Bonchev–Trinajstić information content (AvgIpc) is 3.28. The van der Waals surface area contributed by atoms with Crippen molar-refractivity contribution in [1.82, 2.24) is 29.2 Å². The molecular weight excluding hydrogens is 549 g/mol. The second-order valence-electron chi connectivity index (χ2n) is 9.57. The number of H-pyrrole nitrogens is 1. The largest absolute Gasteiger partial charge is 0.474 e. The van der Waals surface area contributed by atoms with Crippen LogP contribution in [0, 0.1) is 5.92 Å². The standard InChI is InChI=1S/C25H29Cl2N7O3S/c1-4-19(15-8-10-34(11-9-15)38(3,35)36)37-24-20-16(6-5-7-17(20)26)12-18(31-24)14(2)30-22-21-23(29-13-28-22)33-25(27)32-21/h5-7,12-15,19H,4,8-11H2,1-3H3,(H2,28,29,30,32,33). The van der Waals surface area contributed by atoms with Crippen molar-refractivity contribution in [2.75, 3.05) is 24.7 Å². The number of hydrogen-bond acceptors (Lipinski definition) is 8. The minimum atomic E-state index is -3.20. The third kappa shape index (κ3) is 5.51. The van der Waals surface area contributed by atoms with E-state index in [1.807, 2.05) is 31.2 Å². The molecule has 4 aromatic rings. The van der Waals surface area contributed by atoms with Gasteiger partial charge in [0.25, 0.3) is 0 Å². The van der Waals surface area contributed by atoms with Crippen molar-refractivity contribution >= 4 is 61.0 Å². The number of piperidine rings is 1. The van der Waals surface area contributed by atoms with Crippen LogP contribution in [0.4, 0.5) is 5.82 Å². The molecule has 1 fully saturated rings. The summed E-state index contributed by atoms with van der Waals surface area (Å²) in [4.78, 5) is 20.5. The molecule has 2 N–H and O–H groups in total. The van der Waals surface area contributed by atoms with Crippen LogP contribution in [0.25, 0.3) is 21.9 Å². The quantitative estimate of drug-likeness (QED) is 0.273. The van der Waals surface area contributed by atoms with Crippen molar-refractivity contribution < 1.29 is 13.2 Å². The van der Waals surface area contributed by atoms with Gasteiger partial charge in [-0.2, -0.15) is 4.98 Å². The van der Waals surface area contributed by atoms with Gasteiger partial charge in [-0.15, -0.1) is 0 Å². The molecule has 0 aliphatic carbocycles. The van der Waals surface area contributed by atoms with Crippen LogP contribution in [-0.2, 0) is 10.0 Å². The third-order valence-corrected chi connectivity index (χ3v) is 8.81. The summed E-state index contributed by atoms with van der Waals surface area (Å²) in [7, 11) is -3.20. The molecule has 13 heteroatoms. The average molecular weight is 579 g/mol. The molecule has 0 radical (unpaired) electrons. The summed E-state index contributed by atoms with van der Waals surface area (Å²) in [6.45, 7) is 5.03. The summed E-state index contributed by atoms with van der Waals surface area (Å²) in [5.41, 5.74) is 1.82. The highest BCUT2D eigenvalue weighted by Crippen LogP contribution is 2.36. The van der Waals surface area contributed by atoms with Gasteiger partial charge in [-0.1, -0.05) is 30.7 Å². The first-order valence-corrected chi connectivity index (χ1v) is 15.1. The van der Waals surface area contributed by atoms with E-state index in [0.717, 1.165) is 35.7 Å². The van der Waals surface area contributed by atoms with Crippen LogP contribution in [0.2, 0.25) is 10.3 Å². The number of sulfonamides is 1. The number of nitrogens with one attached hydrogen (secondary N) is 2. The molecule has 0 spiro atoms. The lowest BCUT2D eigenvalue weighted by Crippen LogP contribution is -2.42. The van der Waals surface area contributed by atoms with Gasteiger partial charge >= 0.3 is 0 Å². The van der Waals surface area contributed by atoms with E-state index in [0.29, 0.717) is 41.0 Å². The lowest BCUT2D eigenvalue weighted by molar-refractivity contribution is 0.0912. The zero-order valence-corrected chi connectivity index (χ0v) is 23.6. The Balaban J connectivity index is 1.44. The van der Waals surface area contributed by atoms with Gasteiger partial charge in [0.1, 0.15) is 17.9 Å². The Hall–Kier alpha value is -2.73. The van der Waals surface area contributed by atoms with E-state index in [1.54, 1.807) is 0 Å². The van der Waals surface area contributed by atoms with Crippen LogP contribution in [0.5, 0.6) is 5.88 Å². The van der Waals surface area contributed by atoms with Crippen LogP contribution in [0.3, 0.4) is 0 Å². The number of imidazole rings is 1. The van der Waals surface area contributed by atoms with E-state index in [4.69, 9.17) is 32.9 Å². The van der Waals surface area contributed by atoms with E-state index in [2.05, 4.69) is 32.2 Å². The highest BCUT2D eigenvalue weighted by atomic mass is 35.5. The first kappa shape index (κ1) is 26.9. The molecule has 0 amide bonds. The predicted molar refractivity (Wildman–Crippen MR) is 149 cm³/mol. The number of rotatable bonds is 8. The molecule has 10 nitrogen and oxygen atoms in total. The number of nitrogens with zero attached hydrogens (tertiary/aromatic N) is 5. The fourth-order valence-corrected chi connectivity index (χ4v) is 6.29. The first-order chi connectivity index (χ1) is 18.1. The Morgan fingerprint density at radius 3 is 2.68 bits per heavy atom. The molecule has 1 aliphatic rings. The van der Waals surface area contributed by atoms with Crippen LogP contribution in [0.15, 0.2) is 30.6 Å². The second-order valence-corrected chi connectivity index (χ2v) is 12.3. The number of ether oxygens (including phenoxy) is 1. The third-order valence-electron chi connectivity index (χ3n) is 7.01. The monoisotopic (exact) mass is 577 g/mol. The lowest BCUT2D eigenvalue weighted by atomic mass is 9.90. The van der Waals surface area contributed by atoms with Crippen molar-refractivity contribution in [3.8, 4) is 5.88 Å². The molecule has 2 unspecified atom stereocenters. The number of fused-ring (bicyclic) bond motifs is 2. The molecule has 1 aromatic carbocycles. The number of pyridine rings is 1. The topological polar surface area (TPSA) is 126 Å². The van der Waals surface area contributed by atoms with E-state index in [1.165, 1.54) is 16.9 Å². The van der Waals surface area contributed by atoms with Crippen molar-refractivity contribution in [3.05, 3.63) is 46.6 Å². The Kier molecular flexibility index (Phi) is 7.63. The Bertz CT molecular complexity index is 1570. The van der Waals surface area contributed by atoms with E-state index >= 15 is 0 Å². The highest BCUT2D eigenvalue weighted by molar-refractivity contribution is 7.88. The Morgan fingerprint density at radius 2 is 1.97 bits per heavy atom. The van der Waals surface area contributed by atoms with Gasteiger partial charge in [0.05, 0.1) is 28.4 Å². The van der Waals surface area contributed by atoms with Gasteiger partial charge in [-0.25, -0.2) is 27.7 Å². The van der Waals surface area contributed by atoms with Crippen molar-refractivity contribution in [3.63, 3.8) is 0 Å². The van der Waals surface area contributed by atoms with E-state index < -0.39 is 10.0 Å². The molecule has 5 rings (SSSR count). The van der Waals surface area contributed by atoms with E-state index in [-0.39, 0.29) is 23.3 Å². The molecule has 1 aliphatic heterocycles. The summed E-state index contributed by atoms with van der Waals surface area (Å²) in [5, 5.41) is 5.83. The van der Waals surface area contributed by atoms with Crippen molar-refractivity contribution in [1.29, 1.82) is 0 Å². The maximum Gasteiger partial charge on any atom is 0.223 e. The summed E-state index contributed by atoms with van der Waals surface area (Å²) < 4.78 is 32.0. The molecule has 0 bridgehead atoms. The number of aromatic amines is 1. The molecule has 38 heavy (non-hydrogen) atoms. The second kappa shape index (κ2) is 10.8. The molecule has 4 heterocycles. The number of anilines is 1. The zero-order valence-electron chi connectivity index (χ0n) is 21.3. The van der Waals surface area contributed by atoms with Gasteiger partial charge in [-0.3, -0.25) is 0 Å². The molecule has 2 atom stereocenters. The number of benzene rings is 1. The maximum absolute atomic E-state index is 12.0. The summed E-state index contributed by atoms with van der Waals surface area (Å²) in [6.07, 6.45) is 4.77. The number of halogens is 2. The normalized spacial score (nSPS) is 17.1. The minimum absolute atomic E-state index is 0.129. The maximum atomic E-state index is 12.0. The Morgan fingerprint density at radius 1 is 1.21 bits per heavy atom. The lowest BCUT2D eigenvalue weighted by Gasteiger charge is -2.34. The SMILES string of the molecule is CCC(Oc1nc(C(C)Nc2ncnc3nc(Cl)[nH]c23)cc2cccc(Cl)c12)C1CCN(S(C)(=O)=O)CC1. The van der Waals surface area contributed by atoms with Gasteiger partial charge in [-0.05, 0) is 61.2 Å². The summed E-state index contributed by atoms with van der Waals surface area (Å²) in [5.74, 6) is 1.23. The van der Waals surface area contributed by atoms with Crippen LogP contribution in [0.1, 0.15) is 44.8 Å². The highest BCUT2D eigenvalue weighted by Gasteiger charge is 2.31. The van der Waals surface area contributed by atoms with Crippen LogP contribution >= 0.6 is 23.2 Å². The summed E-state index contributed by atoms with van der Waals surface area (Å²) >= 11 is 12.7. The van der Waals surface area contributed by atoms with Gasteiger partial charge in [0.15, 0.2) is 11.5 Å². The fraction of sp³-hybridized carbons (Fsp3) is 0.440. The van der Waals surface area contributed by atoms with Crippen molar-refractivity contribution in [2.45, 2.75) is 45.3 Å². The van der Waals surface area contributed by atoms with Gasteiger partial charge in [0.2, 0.25) is 21.2 Å². The molecule has 1 saturated heterocycles. The first-order valence-electron chi connectivity index (χ1n) is 12.5. The molecule has 3 aromatic heterocycles. The Labute approximate surface area is 231 Å². The van der Waals surface area contributed by atoms with Crippen molar-refractivity contribution in [2.24, 2.45) is 5.92 Å². The van der Waals surface area contributed by atoms with Gasteiger partial charge < -0.3 is 15.0 Å². The smallest absolute Gasteiger partial charge is 0.223 e. The molecule has 202 valence electrons. The van der Waals surface area contributed by atoms with Crippen LogP contribution in [-0.4, -0.2) is 63.1 Å². The number of aromatic nitrogens is 5. The zero-order chi connectivity index (χ0) is 27.0. The van der Waals surface area contributed by atoms with Crippen LogP contribution < -0.4 is 10.1 Å². The predicted octanol–water partition coefficient (Wildman–Crippen LogP) is 5.21. The molecule has 0 saturated carbocycles.